The number of ether oxygens (including phenoxy) is 6. The third kappa shape index (κ3) is 5.91. The van der Waals surface area contributed by atoms with Gasteiger partial charge in [-0.3, -0.25) is 0 Å². The summed E-state index contributed by atoms with van der Waals surface area (Å²) in [6.45, 7) is 0. The lowest BCUT2D eigenvalue weighted by Gasteiger charge is -2.21. The summed E-state index contributed by atoms with van der Waals surface area (Å²) in [4.78, 5) is 0. The number of methoxy groups -OCH3 is 6. The molecule has 0 fully saturated rings. The Morgan fingerprint density at radius 3 is 0.449 bits per heavy atom. The minimum atomic E-state index is 0.760. The molecule has 13 rings (SSSR count). The molecule has 0 bridgehead atoms. The normalized spacial score (nSPS) is 12.6. The molecule has 3 aliphatic rings. The van der Waals surface area contributed by atoms with E-state index in [0.29, 0.717) is 0 Å². The first-order valence-electron chi connectivity index (χ1n) is 23.5. The Balaban J connectivity index is 1.25. The van der Waals surface area contributed by atoms with E-state index in [2.05, 4.69) is 146 Å². The zero-order chi connectivity index (χ0) is 46.7. The quantitative estimate of drug-likeness (QED) is 0.114. The SMILES string of the molecule is COc1ccc(-c2c(-c3ccc(OC)cc3)c3c4c5c2Cc2c(-c6ccc(OC)cc6)c(-c6ccc(OC)cc6)c6c(c25)c2c(c(-c5ccc(OC)cc5)c(-c5ccc(OC)cc5)c(c42)C3)C6)cc1. The molecule has 336 valence electrons. The molecule has 0 saturated heterocycles. The monoisotopic (exact) mass is 900 g/mol. The van der Waals surface area contributed by atoms with Gasteiger partial charge in [0, 0.05) is 0 Å². The summed E-state index contributed by atoms with van der Waals surface area (Å²) in [5.74, 6) is 4.97. The highest BCUT2D eigenvalue weighted by atomic mass is 16.5. The van der Waals surface area contributed by atoms with Crippen molar-refractivity contribution in [1.29, 1.82) is 0 Å². The Kier molecular flexibility index (Phi) is 9.32. The predicted molar refractivity (Wildman–Crippen MR) is 279 cm³/mol. The van der Waals surface area contributed by atoms with E-state index in [0.717, 1.165) is 53.8 Å². The van der Waals surface area contributed by atoms with Gasteiger partial charge in [0.15, 0.2) is 0 Å². The summed E-state index contributed by atoms with van der Waals surface area (Å²) in [6, 6.07) is 52.2. The molecule has 0 heterocycles. The summed E-state index contributed by atoms with van der Waals surface area (Å²) in [6.07, 6.45) is 2.28. The lowest BCUT2D eigenvalue weighted by molar-refractivity contribution is 0.414. The lowest BCUT2D eigenvalue weighted by atomic mass is 9.82. The molecule has 0 saturated carbocycles. The van der Waals surface area contributed by atoms with E-state index in [1.807, 2.05) is 0 Å². The van der Waals surface area contributed by atoms with E-state index in [1.165, 1.54) is 132 Å². The second-order valence-corrected chi connectivity index (χ2v) is 18.3. The molecule has 0 spiro atoms. The highest BCUT2D eigenvalue weighted by molar-refractivity contribution is 6.38. The predicted octanol–water partition coefficient (Wildman–Crippen LogP) is 14.9. The Morgan fingerprint density at radius 1 is 0.203 bits per heavy atom. The molecule has 0 N–H and O–H groups in total. The number of hydrogen-bond acceptors (Lipinski definition) is 6. The van der Waals surface area contributed by atoms with Crippen LogP contribution in [0.3, 0.4) is 0 Å². The van der Waals surface area contributed by atoms with Crippen LogP contribution in [0.15, 0.2) is 146 Å². The first kappa shape index (κ1) is 41.0. The van der Waals surface area contributed by atoms with Crippen LogP contribution in [0.1, 0.15) is 33.4 Å². The van der Waals surface area contributed by atoms with Gasteiger partial charge in [-0.25, -0.2) is 0 Å². The fourth-order valence-corrected chi connectivity index (χ4v) is 12.3. The molecule has 0 atom stereocenters. The number of hydrogen-bond donors (Lipinski definition) is 0. The minimum Gasteiger partial charge on any atom is -0.497 e. The van der Waals surface area contributed by atoms with Gasteiger partial charge in [-0.05, 0) is 225 Å². The first-order chi connectivity index (χ1) is 33.9. The number of benzene rings is 10. The largest absolute Gasteiger partial charge is 0.497 e. The van der Waals surface area contributed by atoms with Gasteiger partial charge >= 0.3 is 0 Å². The summed E-state index contributed by atoms with van der Waals surface area (Å²) >= 11 is 0. The zero-order valence-electron chi connectivity index (χ0n) is 39.4. The zero-order valence-corrected chi connectivity index (χ0v) is 39.4. The van der Waals surface area contributed by atoms with Crippen molar-refractivity contribution in [2.45, 2.75) is 19.3 Å². The highest BCUT2D eigenvalue weighted by Gasteiger charge is 2.41. The van der Waals surface area contributed by atoms with Crippen LogP contribution in [0, 0.1) is 0 Å². The van der Waals surface area contributed by atoms with Crippen LogP contribution in [0.25, 0.3) is 99.1 Å². The molecule has 6 nitrogen and oxygen atoms in total. The maximum absolute atomic E-state index is 5.77. The molecule has 3 aliphatic carbocycles. The van der Waals surface area contributed by atoms with Crippen LogP contribution in [0.2, 0.25) is 0 Å². The van der Waals surface area contributed by atoms with Crippen molar-refractivity contribution in [3.8, 4) is 101 Å². The van der Waals surface area contributed by atoms with E-state index in [4.69, 9.17) is 28.4 Å². The summed E-state index contributed by atoms with van der Waals surface area (Å²) in [5, 5.41) is 8.29. The molecule has 69 heavy (non-hydrogen) atoms. The van der Waals surface area contributed by atoms with Crippen molar-refractivity contribution in [2.24, 2.45) is 0 Å². The molecular formula is C63H48O6. The van der Waals surface area contributed by atoms with Crippen LogP contribution in [-0.2, 0) is 19.3 Å². The van der Waals surface area contributed by atoms with Gasteiger partial charge in [0.05, 0.1) is 42.7 Å². The molecule has 0 radical (unpaired) electrons. The maximum Gasteiger partial charge on any atom is 0.118 e. The van der Waals surface area contributed by atoms with Gasteiger partial charge in [0.1, 0.15) is 34.5 Å². The maximum atomic E-state index is 5.77. The lowest BCUT2D eigenvalue weighted by Crippen LogP contribution is -1.99. The second kappa shape index (κ2) is 15.7. The van der Waals surface area contributed by atoms with Gasteiger partial charge in [0.2, 0.25) is 0 Å². The summed E-state index contributed by atoms with van der Waals surface area (Å²) in [7, 11) is 10.4. The van der Waals surface area contributed by atoms with Gasteiger partial charge in [0.25, 0.3) is 0 Å². The molecule has 0 aromatic heterocycles. The van der Waals surface area contributed by atoms with E-state index < -0.39 is 0 Å². The fourth-order valence-electron chi connectivity index (χ4n) is 12.3. The third-order valence-corrected chi connectivity index (χ3v) is 15.2. The van der Waals surface area contributed by atoms with Gasteiger partial charge in [-0.15, -0.1) is 0 Å². The molecule has 10 aromatic rings. The van der Waals surface area contributed by atoms with E-state index in [-0.39, 0.29) is 0 Å². The topological polar surface area (TPSA) is 55.4 Å². The Bertz CT molecular complexity index is 3070. The molecule has 0 amide bonds. The summed E-state index contributed by atoms with van der Waals surface area (Å²) in [5.41, 5.74) is 22.8. The van der Waals surface area contributed by atoms with Crippen molar-refractivity contribution in [1.82, 2.24) is 0 Å². The average molecular weight is 901 g/mol. The Labute approximate surface area is 401 Å². The van der Waals surface area contributed by atoms with Crippen molar-refractivity contribution in [2.75, 3.05) is 42.7 Å². The molecule has 6 heteroatoms. The third-order valence-electron chi connectivity index (χ3n) is 15.2. The van der Waals surface area contributed by atoms with Crippen LogP contribution in [0.5, 0.6) is 34.5 Å². The Morgan fingerprint density at radius 2 is 0.333 bits per heavy atom. The van der Waals surface area contributed by atoms with Crippen molar-refractivity contribution in [3.63, 3.8) is 0 Å². The first-order valence-corrected chi connectivity index (χ1v) is 23.5. The van der Waals surface area contributed by atoms with Crippen LogP contribution in [-0.4, -0.2) is 42.7 Å². The molecule has 10 aromatic carbocycles. The van der Waals surface area contributed by atoms with Crippen molar-refractivity contribution < 1.29 is 28.4 Å². The van der Waals surface area contributed by atoms with E-state index in [9.17, 15) is 0 Å². The average Bonchev–Trinajstić information content (AvgIpc) is 4.12. The summed E-state index contributed by atoms with van der Waals surface area (Å²) < 4.78 is 34.6. The molecular weight excluding hydrogens is 853 g/mol. The smallest absolute Gasteiger partial charge is 0.118 e. The van der Waals surface area contributed by atoms with Gasteiger partial charge in [-0.2, -0.15) is 0 Å². The number of rotatable bonds is 12. The molecule has 0 aliphatic heterocycles. The molecule has 0 unspecified atom stereocenters. The van der Waals surface area contributed by atoms with Gasteiger partial charge in [-0.1, -0.05) is 72.8 Å². The highest BCUT2D eigenvalue weighted by Crippen LogP contribution is 2.64. The van der Waals surface area contributed by atoms with E-state index in [1.54, 1.807) is 42.7 Å². The minimum absolute atomic E-state index is 0.760. The van der Waals surface area contributed by atoms with Crippen LogP contribution >= 0.6 is 0 Å². The van der Waals surface area contributed by atoms with Crippen LogP contribution in [0.4, 0.5) is 0 Å². The standard InChI is InChI=1S/C63H48O6/c1-64-40-19-7-34(8-20-40)52-46-31-48-54(36-11-23-42(66-3)24-12-36)56(38-15-27-44(68-5)28-16-38)50-33-51-57(39-17-29-45(69-6)30-18-39)55(37-13-25-43(67-4)26-14-37)49-32-47(53(52)35-9-21-41(65-2)22-10-35)59-58(46)60(48)62(50)63(51)61(49)59/h7-30H,31-33H2,1-6H3. The van der Waals surface area contributed by atoms with Crippen LogP contribution < -0.4 is 28.4 Å². The van der Waals surface area contributed by atoms with Crippen molar-refractivity contribution in [3.05, 3.63) is 179 Å². The van der Waals surface area contributed by atoms with Gasteiger partial charge < -0.3 is 28.4 Å². The second-order valence-electron chi connectivity index (χ2n) is 18.3. The fraction of sp³-hybridized carbons (Fsp3) is 0.143. The Hall–Kier alpha value is -8.22. The van der Waals surface area contributed by atoms with E-state index >= 15 is 0 Å². The van der Waals surface area contributed by atoms with Crippen molar-refractivity contribution >= 4 is 32.3 Å².